The third-order valence-electron chi connectivity index (χ3n) is 2.90. The number of hydrogen-bond acceptors (Lipinski definition) is 3. The van der Waals surface area contributed by atoms with Crippen molar-refractivity contribution in [1.29, 1.82) is 0 Å². The van der Waals surface area contributed by atoms with Gasteiger partial charge in [-0.1, -0.05) is 34.1 Å². The average Bonchev–Trinajstić information content (AvgIpc) is 2.86. The molecule has 0 aliphatic rings. The van der Waals surface area contributed by atoms with Crippen LogP contribution < -0.4 is 5.73 Å². The quantitative estimate of drug-likeness (QED) is 0.785. The summed E-state index contributed by atoms with van der Waals surface area (Å²) in [6, 6.07) is 12.4. The van der Waals surface area contributed by atoms with Crippen molar-refractivity contribution < 1.29 is 4.42 Å². The van der Waals surface area contributed by atoms with Gasteiger partial charge < -0.3 is 10.2 Å². The molecule has 90 valence electrons. The largest absolute Gasteiger partial charge is 0.443 e. The number of halogens is 1. The molecule has 0 unspecified atom stereocenters. The van der Waals surface area contributed by atoms with Crippen LogP contribution in [0.2, 0.25) is 0 Å². The second kappa shape index (κ2) is 4.55. The molecule has 2 N–H and O–H groups in total. The minimum atomic E-state index is 0.379. The van der Waals surface area contributed by atoms with Gasteiger partial charge in [0.1, 0.15) is 5.69 Å². The van der Waals surface area contributed by atoms with Gasteiger partial charge in [-0.05, 0) is 29.0 Å². The lowest BCUT2D eigenvalue weighted by atomic mass is 10.0. The zero-order valence-corrected chi connectivity index (χ0v) is 11.1. The molecular formula is C14H11BrN2O. The number of aromatic nitrogens is 1. The lowest BCUT2D eigenvalue weighted by Crippen LogP contribution is -1.98. The maximum Gasteiger partial charge on any atom is 0.181 e. The summed E-state index contributed by atoms with van der Waals surface area (Å²) in [5.41, 5.74) is 7.42. The SMILES string of the molecule is NCc1ncoc1-c1ccc2cc(Br)ccc2c1. The molecule has 0 saturated carbocycles. The number of nitrogens with zero attached hydrogens (tertiary/aromatic N) is 1. The van der Waals surface area contributed by atoms with E-state index in [9.17, 15) is 0 Å². The Hall–Kier alpha value is -1.65. The third-order valence-corrected chi connectivity index (χ3v) is 3.39. The highest BCUT2D eigenvalue weighted by Crippen LogP contribution is 2.28. The highest BCUT2D eigenvalue weighted by atomic mass is 79.9. The smallest absolute Gasteiger partial charge is 0.181 e. The van der Waals surface area contributed by atoms with E-state index < -0.39 is 0 Å². The molecule has 0 saturated heterocycles. The van der Waals surface area contributed by atoms with Crippen LogP contribution in [0.3, 0.4) is 0 Å². The predicted octanol–water partition coefficient (Wildman–Crippen LogP) is 3.72. The molecule has 0 atom stereocenters. The number of oxazole rings is 1. The second-order valence-corrected chi connectivity index (χ2v) is 4.95. The Kier molecular flexibility index (Phi) is 2.89. The Morgan fingerprint density at radius 1 is 1.11 bits per heavy atom. The monoisotopic (exact) mass is 302 g/mol. The lowest BCUT2D eigenvalue weighted by Gasteiger charge is -2.03. The average molecular weight is 303 g/mol. The van der Waals surface area contributed by atoms with Crippen molar-refractivity contribution in [2.45, 2.75) is 6.54 Å². The predicted molar refractivity (Wildman–Crippen MR) is 75.0 cm³/mol. The Balaban J connectivity index is 2.16. The van der Waals surface area contributed by atoms with Crippen molar-refractivity contribution in [3.8, 4) is 11.3 Å². The van der Waals surface area contributed by atoms with Crippen molar-refractivity contribution in [3.63, 3.8) is 0 Å². The van der Waals surface area contributed by atoms with Gasteiger partial charge in [-0.2, -0.15) is 0 Å². The number of benzene rings is 2. The van der Waals surface area contributed by atoms with E-state index in [1.165, 1.54) is 11.8 Å². The van der Waals surface area contributed by atoms with E-state index in [-0.39, 0.29) is 0 Å². The van der Waals surface area contributed by atoms with Gasteiger partial charge in [0.2, 0.25) is 0 Å². The molecule has 0 aliphatic heterocycles. The normalized spacial score (nSPS) is 11.0. The fraction of sp³-hybridized carbons (Fsp3) is 0.0714. The molecule has 18 heavy (non-hydrogen) atoms. The molecule has 4 heteroatoms. The Bertz CT molecular complexity index is 706. The van der Waals surface area contributed by atoms with Gasteiger partial charge >= 0.3 is 0 Å². The van der Waals surface area contributed by atoms with Crippen molar-refractivity contribution >= 4 is 26.7 Å². The molecule has 0 bridgehead atoms. The molecule has 2 aromatic carbocycles. The van der Waals surface area contributed by atoms with Gasteiger partial charge in [0.15, 0.2) is 12.2 Å². The summed E-state index contributed by atoms with van der Waals surface area (Å²) in [7, 11) is 0. The lowest BCUT2D eigenvalue weighted by molar-refractivity contribution is 0.571. The van der Waals surface area contributed by atoms with Crippen molar-refractivity contribution in [2.75, 3.05) is 0 Å². The summed E-state index contributed by atoms with van der Waals surface area (Å²) >= 11 is 3.47. The van der Waals surface area contributed by atoms with Crippen LogP contribution in [0, 0.1) is 0 Å². The summed E-state index contributed by atoms with van der Waals surface area (Å²) in [5, 5.41) is 2.34. The number of nitrogens with two attached hydrogens (primary N) is 1. The Morgan fingerprint density at radius 3 is 2.72 bits per heavy atom. The Morgan fingerprint density at radius 2 is 1.89 bits per heavy atom. The molecule has 1 heterocycles. The van der Waals surface area contributed by atoms with E-state index in [4.69, 9.17) is 10.2 Å². The second-order valence-electron chi connectivity index (χ2n) is 4.04. The number of rotatable bonds is 2. The van der Waals surface area contributed by atoms with Crippen LogP contribution in [-0.2, 0) is 6.54 Å². The minimum Gasteiger partial charge on any atom is -0.443 e. The number of hydrogen-bond donors (Lipinski definition) is 1. The van der Waals surface area contributed by atoms with Gasteiger partial charge in [-0.15, -0.1) is 0 Å². The molecule has 3 rings (SSSR count). The first-order chi connectivity index (χ1) is 8.78. The standard InChI is InChI=1S/C14H11BrN2O/c15-12-4-3-9-5-11(2-1-10(9)6-12)14-13(7-16)17-8-18-14/h1-6,8H,7,16H2. The first-order valence-corrected chi connectivity index (χ1v) is 6.39. The fourth-order valence-corrected chi connectivity index (χ4v) is 2.39. The van der Waals surface area contributed by atoms with Crippen LogP contribution in [0.4, 0.5) is 0 Å². The van der Waals surface area contributed by atoms with Gasteiger partial charge in [0.25, 0.3) is 0 Å². The van der Waals surface area contributed by atoms with Crippen LogP contribution in [0.5, 0.6) is 0 Å². The van der Waals surface area contributed by atoms with E-state index >= 15 is 0 Å². The van der Waals surface area contributed by atoms with Crippen molar-refractivity contribution in [3.05, 3.63) is 53.0 Å². The first-order valence-electron chi connectivity index (χ1n) is 5.60. The molecule has 0 radical (unpaired) electrons. The van der Waals surface area contributed by atoms with E-state index in [2.05, 4.69) is 45.2 Å². The molecule has 0 spiro atoms. The summed E-state index contributed by atoms with van der Waals surface area (Å²) < 4.78 is 6.49. The van der Waals surface area contributed by atoms with Crippen LogP contribution in [0.1, 0.15) is 5.69 Å². The molecule has 0 fully saturated rings. The zero-order valence-electron chi connectivity index (χ0n) is 9.56. The van der Waals surface area contributed by atoms with Gasteiger partial charge in [0.05, 0.1) is 0 Å². The summed E-state index contributed by atoms with van der Waals surface area (Å²) in [6.45, 7) is 0.379. The molecule has 0 aliphatic carbocycles. The Labute approximate surface area is 113 Å². The van der Waals surface area contributed by atoms with Crippen LogP contribution in [-0.4, -0.2) is 4.98 Å². The molecule has 3 nitrogen and oxygen atoms in total. The van der Waals surface area contributed by atoms with E-state index in [1.54, 1.807) is 0 Å². The highest BCUT2D eigenvalue weighted by Gasteiger charge is 2.09. The van der Waals surface area contributed by atoms with Crippen LogP contribution >= 0.6 is 15.9 Å². The minimum absolute atomic E-state index is 0.379. The van der Waals surface area contributed by atoms with E-state index in [0.717, 1.165) is 26.9 Å². The van der Waals surface area contributed by atoms with Gasteiger partial charge in [0, 0.05) is 16.6 Å². The summed E-state index contributed by atoms with van der Waals surface area (Å²) in [6.07, 6.45) is 1.43. The topological polar surface area (TPSA) is 52.0 Å². The van der Waals surface area contributed by atoms with E-state index in [1.807, 2.05) is 12.1 Å². The third kappa shape index (κ3) is 1.94. The van der Waals surface area contributed by atoms with Crippen LogP contribution in [0.15, 0.2) is 51.7 Å². The van der Waals surface area contributed by atoms with Gasteiger partial charge in [-0.25, -0.2) is 4.98 Å². The zero-order chi connectivity index (χ0) is 12.5. The molecular weight excluding hydrogens is 292 g/mol. The summed E-state index contributed by atoms with van der Waals surface area (Å²) in [5.74, 6) is 0.752. The molecule has 3 aromatic rings. The maximum atomic E-state index is 5.64. The maximum absolute atomic E-state index is 5.64. The van der Waals surface area contributed by atoms with Crippen molar-refractivity contribution in [2.24, 2.45) is 5.73 Å². The molecule has 1 aromatic heterocycles. The molecule has 0 amide bonds. The number of fused-ring (bicyclic) bond motifs is 1. The van der Waals surface area contributed by atoms with Gasteiger partial charge in [-0.3, -0.25) is 0 Å². The first kappa shape index (κ1) is 11.4. The highest BCUT2D eigenvalue weighted by molar-refractivity contribution is 9.10. The summed E-state index contributed by atoms with van der Waals surface area (Å²) in [4.78, 5) is 4.11. The van der Waals surface area contributed by atoms with E-state index in [0.29, 0.717) is 6.54 Å². The fourth-order valence-electron chi connectivity index (χ4n) is 2.01. The van der Waals surface area contributed by atoms with Crippen molar-refractivity contribution in [1.82, 2.24) is 4.98 Å². The van der Waals surface area contributed by atoms with Crippen LogP contribution in [0.25, 0.3) is 22.1 Å².